The molecule has 2 atom stereocenters. The highest BCUT2D eigenvalue weighted by Crippen LogP contribution is 2.64. The lowest BCUT2D eigenvalue weighted by atomic mass is 9.86. The van der Waals surface area contributed by atoms with Crippen LogP contribution in [-0.4, -0.2) is 28.6 Å². The number of anilines is 1. The van der Waals surface area contributed by atoms with Gasteiger partial charge in [0.25, 0.3) is 5.69 Å². The van der Waals surface area contributed by atoms with Crippen molar-refractivity contribution in [3.63, 3.8) is 0 Å². The summed E-state index contributed by atoms with van der Waals surface area (Å²) in [5.74, 6) is -0.541. The Morgan fingerprint density at radius 1 is 1.41 bits per heavy atom. The molecule has 140 valence electrons. The lowest BCUT2D eigenvalue weighted by molar-refractivity contribution is -0.393. The van der Waals surface area contributed by atoms with E-state index in [4.69, 9.17) is 4.74 Å². The van der Waals surface area contributed by atoms with Crippen molar-refractivity contribution in [1.82, 2.24) is 0 Å². The summed E-state index contributed by atoms with van der Waals surface area (Å²) in [5.41, 5.74) is 4.67. The standard InChI is InChI=1S/C17H16N4O6/c1-3-11-12-5-4-6-15(17(11,12)16(22)27-2)19-18-13-8-7-10(20(23)24)9-14(13)21(25)26/h7-9,12,18H,1,4-6H2,2H3/b19-15-/t12-,17-/m1/s1. The zero-order valence-corrected chi connectivity index (χ0v) is 14.4. The molecule has 1 N–H and O–H groups in total. The van der Waals surface area contributed by atoms with Gasteiger partial charge in [-0.05, 0) is 30.9 Å². The number of hydrogen-bond donors (Lipinski definition) is 1. The van der Waals surface area contributed by atoms with Gasteiger partial charge in [-0.1, -0.05) is 6.58 Å². The van der Waals surface area contributed by atoms with Crippen molar-refractivity contribution >= 4 is 28.7 Å². The number of nitrogens with one attached hydrogen (secondary N) is 1. The van der Waals surface area contributed by atoms with Crippen LogP contribution in [0.25, 0.3) is 0 Å². The van der Waals surface area contributed by atoms with Crippen molar-refractivity contribution in [1.29, 1.82) is 0 Å². The van der Waals surface area contributed by atoms with E-state index >= 15 is 0 Å². The Balaban J connectivity index is 1.98. The molecule has 2 aliphatic carbocycles. The average molecular weight is 372 g/mol. The molecular weight excluding hydrogens is 356 g/mol. The summed E-state index contributed by atoms with van der Waals surface area (Å²) in [6.45, 7) is 3.63. The van der Waals surface area contributed by atoms with Gasteiger partial charge in [0.15, 0.2) is 0 Å². The predicted molar refractivity (Wildman–Crippen MR) is 95.3 cm³/mol. The van der Waals surface area contributed by atoms with Crippen LogP contribution in [0.3, 0.4) is 0 Å². The van der Waals surface area contributed by atoms with Crippen LogP contribution in [-0.2, 0) is 9.53 Å². The molecule has 0 bridgehead atoms. The maximum absolute atomic E-state index is 12.4. The molecule has 27 heavy (non-hydrogen) atoms. The molecular formula is C17H16N4O6. The Hall–Kier alpha value is -3.52. The minimum absolute atomic E-state index is 0.00924. The second kappa shape index (κ2) is 6.65. The number of carbonyl (C=O) groups excluding carboxylic acids is 1. The van der Waals surface area contributed by atoms with Gasteiger partial charge < -0.3 is 4.74 Å². The second-order valence-electron chi connectivity index (χ2n) is 6.22. The molecule has 2 aliphatic rings. The predicted octanol–water partition coefficient (Wildman–Crippen LogP) is 2.96. The summed E-state index contributed by atoms with van der Waals surface area (Å²) in [7, 11) is 1.29. The zero-order valence-electron chi connectivity index (χ0n) is 14.4. The van der Waals surface area contributed by atoms with Crippen LogP contribution in [0.2, 0.25) is 0 Å². The van der Waals surface area contributed by atoms with Gasteiger partial charge in [-0.3, -0.25) is 30.4 Å². The number of rotatable bonds is 5. The summed E-state index contributed by atoms with van der Waals surface area (Å²) in [6, 6.07) is 3.21. The summed E-state index contributed by atoms with van der Waals surface area (Å²) in [4.78, 5) is 33.0. The smallest absolute Gasteiger partial charge is 0.323 e. The van der Waals surface area contributed by atoms with Crippen LogP contribution in [0, 0.1) is 31.6 Å². The van der Waals surface area contributed by atoms with Crippen molar-refractivity contribution in [3.8, 4) is 0 Å². The van der Waals surface area contributed by atoms with E-state index in [9.17, 15) is 25.0 Å². The van der Waals surface area contributed by atoms with Crippen LogP contribution in [0.4, 0.5) is 17.1 Å². The lowest BCUT2D eigenvalue weighted by Crippen LogP contribution is -2.32. The summed E-state index contributed by atoms with van der Waals surface area (Å²) in [6.07, 6.45) is 2.08. The molecule has 0 radical (unpaired) electrons. The van der Waals surface area contributed by atoms with Crippen molar-refractivity contribution in [2.24, 2.45) is 16.4 Å². The van der Waals surface area contributed by atoms with Gasteiger partial charge in [0.1, 0.15) is 11.1 Å². The van der Waals surface area contributed by atoms with Gasteiger partial charge in [0, 0.05) is 12.0 Å². The number of ether oxygens (including phenoxy) is 1. The monoisotopic (exact) mass is 372 g/mol. The lowest BCUT2D eigenvalue weighted by Gasteiger charge is -2.21. The number of carbonyl (C=O) groups is 1. The molecule has 0 spiro atoms. The summed E-state index contributed by atoms with van der Waals surface area (Å²) in [5, 5.41) is 26.3. The molecule has 1 aromatic rings. The number of hydrazone groups is 1. The molecule has 10 heteroatoms. The van der Waals surface area contributed by atoms with E-state index in [1.54, 1.807) is 0 Å². The first-order valence-corrected chi connectivity index (χ1v) is 8.12. The number of nitrogens with zero attached hydrogens (tertiary/aromatic N) is 3. The van der Waals surface area contributed by atoms with E-state index in [1.807, 2.05) is 0 Å². The fourth-order valence-corrected chi connectivity index (χ4v) is 3.73. The number of benzene rings is 1. The van der Waals surface area contributed by atoms with Gasteiger partial charge >= 0.3 is 11.7 Å². The van der Waals surface area contributed by atoms with E-state index in [2.05, 4.69) is 22.8 Å². The maximum atomic E-state index is 12.4. The van der Waals surface area contributed by atoms with Crippen LogP contribution >= 0.6 is 0 Å². The molecule has 3 rings (SSSR count). The van der Waals surface area contributed by atoms with Crippen molar-refractivity contribution in [3.05, 3.63) is 56.3 Å². The Bertz CT molecular complexity index is 933. The highest BCUT2D eigenvalue weighted by atomic mass is 16.6. The topological polar surface area (TPSA) is 137 Å². The van der Waals surface area contributed by atoms with Gasteiger partial charge in [0.05, 0.1) is 28.7 Å². The molecule has 2 saturated carbocycles. The number of non-ortho nitro benzene ring substituents is 1. The maximum Gasteiger partial charge on any atom is 0.323 e. The fourth-order valence-electron chi connectivity index (χ4n) is 3.73. The molecule has 0 saturated heterocycles. The van der Waals surface area contributed by atoms with Crippen molar-refractivity contribution in [2.45, 2.75) is 19.3 Å². The van der Waals surface area contributed by atoms with E-state index < -0.39 is 32.6 Å². The normalized spacial score (nSPS) is 24.6. The molecule has 0 heterocycles. The number of nitro groups is 2. The number of fused-ring (bicyclic) bond motifs is 1. The highest BCUT2D eigenvalue weighted by Gasteiger charge is 2.70. The highest BCUT2D eigenvalue weighted by molar-refractivity contribution is 6.16. The van der Waals surface area contributed by atoms with Gasteiger partial charge in [-0.25, -0.2) is 0 Å². The number of esters is 1. The van der Waals surface area contributed by atoms with Gasteiger partial charge in [-0.15, -0.1) is 5.73 Å². The van der Waals surface area contributed by atoms with Crippen molar-refractivity contribution in [2.75, 3.05) is 12.5 Å². The first kappa shape index (κ1) is 18.3. The van der Waals surface area contributed by atoms with Crippen LogP contribution < -0.4 is 5.43 Å². The molecule has 1 aromatic carbocycles. The minimum Gasteiger partial charge on any atom is -0.468 e. The van der Waals surface area contributed by atoms with E-state index in [1.165, 1.54) is 13.2 Å². The Labute approximate surface area is 153 Å². The van der Waals surface area contributed by atoms with Gasteiger partial charge in [-0.2, -0.15) is 5.10 Å². The fraction of sp³-hybridized carbons (Fsp3) is 0.353. The van der Waals surface area contributed by atoms with E-state index in [0.717, 1.165) is 25.0 Å². The quantitative estimate of drug-likeness (QED) is 0.363. The molecule has 2 fully saturated rings. The average Bonchev–Trinajstić information content (AvgIpc) is 3.34. The van der Waals surface area contributed by atoms with Crippen LogP contribution in [0.5, 0.6) is 0 Å². The summed E-state index contributed by atoms with van der Waals surface area (Å²) >= 11 is 0. The molecule has 0 aromatic heterocycles. The Morgan fingerprint density at radius 2 is 2.15 bits per heavy atom. The third-order valence-corrected chi connectivity index (χ3v) is 4.97. The number of nitro benzene ring substituents is 2. The molecule has 0 aliphatic heterocycles. The van der Waals surface area contributed by atoms with Gasteiger partial charge in [0.2, 0.25) is 0 Å². The minimum atomic E-state index is -1.02. The van der Waals surface area contributed by atoms with Crippen LogP contribution in [0.1, 0.15) is 19.3 Å². The number of methoxy groups -OCH3 is 1. The second-order valence-corrected chi connectivity index (χ2v) is 6.22. The zero-order chi connectivity index (χ0) is 19.8. The first-order valence-electron chi connectivity index (χ1n) is 8.12. The summed E-state index contributed by atoms with van der Waals surface area (Å²) < 4.78 is 4.93. The Kier molecular flexibility index (Phi) is 4.50. The Morgan fingerprint density at radius 3 is 2.74 bits per heavy atom. The van der Waals surface area contributed by atoms with Crippen LogP contribution in [0.15, 0.2) is 41.2 Å². The van der Waals surface area contributed by atoms with Crippen molar-refractivity contribution < 1.29 is 19.4 Å². The SMILES string of the molecule is C=C=C1[C@H]2CCC/C(=N/Nc3ccc([N+](=O)[O-])cc3[N+](=O)[O-])[C@@]12C(=O)OC. The first-order chi connectivity index (χ1) is 12.9. The molecule has 0 amide bonds. The number of hydrogen-bond acceptors (Lipinski definition) is 8. The van der Waals surface area contributed by atoms with E-state index in [0.29, 0.717) is 17.7 Å². The molecule has 10 nitrogen and oxygen atoms in total. The van der Waals surface area contributed by atoms with E-state index in [-0.39, 0.29) is 11.6 Å². The largest absolute Gasteiger partial charge is 0.468 e. The third-order valence-electron chi connectivity index (χ3n) is 4.97. The third kappa shape index (κ3) is 2.76. The molecule has 0 unspecified atom stereocenters.